The van der Waals surface area contributed by atoms with Gasteiger partial charge in [-0.1, -0.05) is 25.0 Å². The first-order chi connectivity index (χ1) is 13.0. The lowest BCUT2D eigenvalue weighted by Gasteiger charge is -2.37. The van der Waals surface area contributed by atoms with Crippen LogP contribution in [0, 0.1) is 11.8 Å². The number of rotatable bonds is 4. The first-order valence-corrected chi connectivity index (χ1v) is 10.1. The third kappa shape index (κ3) is 3.73. The fourth-order valence-corrected chi connectivity index (χ4v) is 4.97. The van der Waals surface area contributed by atoms with E-state index in [2.05, 4.69) is 22.2 Å². The number of ketones is 1. The van der Waals surface area contributed by atoms with Gasteiger partial charge in [0.25, 0.3) is 0 Å². The van der Waals surface area contributed by atoms with Gasteiger partial charge in [-0.2, -0.15) is 0 Å². The standard InChI is InChI=1S/C22H27N3O2/c1-22(18-4-2-3-5-18)13-17-12-16(21(27)25-22)7-6-15(20(17)26)8-9-19-10-11-23-14-24-19/h6-7,10-11,14,17-18H,2-5,8-9,12-13H2,1H3,(H,25,27). The Labute approximate surface area is 160 Å². The Morgan fingerprint density at radius 3 is 2.74 bits per heavy atom. The maximum atomic E-state index is 13.3. The molecule has 0 radical (unpaired) electrons. The van der Waals surface area contributed by atoms with Crippen LogP contribution in [0.3, 0.4) is 0 Å². The molecule has 1 aromatic rings. The number of Topliss-reactive ketones (excluding diaryl/α,β-unsaturated/α-hetero) is 1. The average molecular weight is 365 g/mol. The molecule has 2 unspecified atom stereocenters. The van der Waals surface area contributed by atoms with Crippen LogP contribution in [0.25, 0.3) is 0 Å². The highest BCUT2D eigenvalue weighted by molar-refractivity contribution is 6.02. The largest absolute Gasteiger partial charge is 0.347 e. The van der Waals surface area contributed by atoms with Crippen LogP contribution in [0.5, 0.6) is 0 Å². The van der Waals surface area contributed by atoms with Crippen molar-refractivity contribution in [2.75, 3.05) is 0 Å². The van der Waals surface area contributed by atoms with E-state index in [9.17, 15) is 9.59 Å². The molecule has 1 aromatic heterocycles. The minimum Gasteiger partial charge on any atom is -0.347 e. The maximum Gasteiger partial charge on any atom is 0.247 e. The van der Waals surface area contributed by atoms with Crippen LogP contribution >= 0.6 is 0 Å². The Morgan fingerprint density at radius 1 is 1.19 bits per heavy atom. The summed E-state index contributed by atoms with van der Waals surface area (Å²) in [5.41, 5.74) is 2.21. The Balaban J connectivity index is 1.56. The van der Waals surface area contributed by atoms with Crippen molar-refractivity contribution in [2.24, 2.45) is 11.8 Å². The van der Waals surface area contributed by atoms with Crippen molar-refractivity contribution < 1.29 is 9.59 Å². The summed E-state index contributed by atoms with van der Waals surface area (Å²) in [7, 11) is 0. The zero-order valence-corrected chi connectivity index (χ0v) is 15.9. The second-order valence-corrected chi connectivity index (χ2v) is 8.41. The molecule has 2 bridgehead atoms. The summed E-state index contributed by atoms with van der Waals surface area (Å²) in [6.07, 6.45) is 14.4. The molecule has 27 heavy (non-hydrogen) atoms. The highest BCUT2D eigenvalue weighted by atomic mass is 16.2. The third-order valence-electron chi connectivity index (χ3n) is 6.55. The molecule has 0 aromatic carbocycles. The van der Waals surface area contributed by atoms with E-state index in [0.29, 0.717) is 25.2 Å². The van der Waals surface area contributed by atoms with E-state index in [-0.39, 0.29) is 23.1 Å². The minimum absolute atomic E-state index is 0.00741. The molecule has 5 heteroatoms. The smallest absolute Gasteiger partial charge is 0.247 e. The molecule has 5 nitrogen and oxygen atoms in total. The van der Waals surface area contributed by atoms with Crippen LogP contribution < -0.4 is 5.32 Å². The quantitative estimate of drug-likeness (QED) is 0.888. The van der Waals surface area contributed by atoms with Crippen molar-refractivity contribution in [3.05, 3.63) is 47.6 Å². The molecule has 1 saturated heterocycles. The molecule has 4 rings (SSSR count). The van der Waals surface area contributed by atoms with E-state index >= 15 is 0 Å². The summed E-state index contributed by atoms with van der Waals surface area (Å²) in [6, 6.07) is 1.88. The van der Waals surface area contributed by atoms with Gasteiger partial charge in [-0.25, -0.2) is 9.97 Å². The van der Waals surface area contributed by atoms with E-state index in [1.165, 1.54) is 19.2 Å². The first kappa shape index (κ1) is 18.1. The average Bonchev–Trinajstić information content (AvgIpc) is 3.13. The van der Waals surface area contributed by atoms with Gasteiger partial charge in [0.05, 0.1) is 0 Å². The van der Waals surface area contributed by atoms with Gasteiger partial charge in [-0.05, 0) is 63.0 Å². The van der Waals surface area contributed by atoms with Crippen LogP contribution in [-0.4, -0.2) is 27.2 Å². The number of hydrogen-bond donors (Lipinski definition) is 1. The van der Waals surface area contributed by atoms with Crippen molar-refractivity contribution in [3.8, 4) is 0 Å². The number of allylic oxidation sites excluding steroid dienone is 3. The zero-order chi connectivity index (χ0) is 18.9. The van der Waals surface area contributed by atoms with Gasteiger partial charge in [0.1, 0.15) is 6.33 Å². The molecule has 2 fully saturated rings. The summed E-state index contributed by atoms with van der Waals surface area (Å²) in [5.74, 6) is 0.577. The molecule has 2 atom stereocenters. The molecule has 2 aliphatic carbocycles. The molecule has 3 aliphatic rings. The lowest BCUT2D eigenvalue weighted by Crippen LogP contribution is -2.51. The number of aromatic nitrogens is 2. The van der Waals surface area contributed by atoms with Crippen LogP contribution in [0.2, 0.25) is 0 Å². The summed E-state index contributed by atoms with van der Waals surface area (Å²) in [5, 5.41) is 3.28. The summed E-state index contributed by atoms with van der Waals surface area (Å²) >= 11 is 0. The number of carbonyl (C=O) groups is 2. The predicted molar refractivity (Wildman–Crippen MR) is 103 cm³/mol. The van der Waals surface area contributed by atoms with Crippen molar-refractivity contribution >= 4 is 11.7 Å². The zero-order valence-electron chi connectivity index (χ0n) is 15.9. The second kappa shape index (κ2) is 7.37. The summed E-state index contributed by atoms with van der Waals surface area (Å²) < 4.78 is 0. The first-order valence-electron chi connectivity index (χ1n) is 10.1. The van der Waals surface area contributed by atoms with Crippen LogP contribution in [0.4, 0.5) is 0 Å². The topological polar surface area (TPSA) is 72.0 Å². The minimum atomic E-state index is -0.279. The van der Waals surface area contributed by atoms with E-state index in [0.717, 1.165) is 36.1 Å². The Hall–Kier alpha value is -2.30. The summed E-state index contributed by atoms with van der Waals surface area (Å²) in [6.45, 7) is 2.15. The lowest BCUT2D eigenvalue weighted by atomic mass is 9.75. The fraction of sp³-hybridized carbons (Fsp3) is 0.545. The Bertz CT molecular complexity index is 793. The van der Waals surface area contributed by atoms with Gasteiger partial charge in [-0.3, -0.25) is 9.59 Å². The Kier molecular flexibility index (Phi) is 4.94. The second-order valence-electron chi connectivity index (χ2n) is 8.41. The number of hydrogen-bond acceptors (Lipinski definition) is 4. The van der Waals surface area contributed by atoms with Gasteiger partial charge in [0.15, 0.2) is 5.78 Å². The van der Waals surface area contributed by atoms with E-state index in [4.69, 9.17) is 0 Å². The van der Waals surface area contributed by atoms with Gasteiger partial charge in [0, 0.05) is 28.9 Å². The highest BCUT2D eigenvalue weighted by Crippen LogP contribution is 2.42. The van der Waals surface area contributed by atoms with E-state index < -0.39 is 0 Å². The van der Waals surface area contributed by atoms with Crippen molar-refractivity contribution in [3.63, 3.8) is 0 Å². The van der Waals surface area contributed by atoms with E-state index in [1.54, 1.807) is 6.20 Å². The summed E-state index contributed by atoms with van der Waals surface area (Å²) in [4.78, 5) is 34.3. The molecule has 1 aliphatic heterocycles. The van der Waals surface area contributed by atoms with E-state index in [1.807, 2.05) is 18.2 Å². The van der Waals surface area contributed by atoms with Crippen LogP contribution in [-0.2, 0) is 16.0 Å². The molecular weight excluding hydrogens is 338 g/mol. The van der Waals surface area contributed by atoms with Crippen LogP contribution in [0.15, 0.2) is 41.9 Å². The van der Waals surface area contributed by atoms with Gasteiger partial charge < -0.3 is 5.32 Å². The number of aryl methyl sites for hydroxylation is 1. The van der Waals surface area contributed by atoms with Gasteiger partial charge in [-0.15, -0.1) is 0 Å². The van der Waals surface area contributed by atoms with Crippen molar-refractivity contribution in [2.45, 2.75) is 63.8 Å². The molecular formula is C22H27N3O2. The number of amides is 1. The highest BCUT2D eigenvalue weighted by Gasteiger charge is 2.44. The normalized spacial score (nSPS) is 28.9. The van der Waals surface area contributed by atoms with Gasteiger partial charge >= 0.3 is 0 Å². The number of nitrogens with one attached hydrogen (secondary N) is 1. The molecule has 0 spiro atoms. The van der Waals surface area contributed by atoms with Gasteiger partial charge in [0.2, 0.25) is 5.91 Å². The number of carbonyl (C=O) groups excluding carboxylic acids is 2. The predicted octanol–water partition coefficient (Wildman–Crippen LogP) is 3.32. The third-order valence-corrected chi connectivity index (χ3v) is 6.55. The SMILES string of the molecule is CC1(C2CCCC2)CC2CC(=CC=C(CCc3ccncn3)C2=O)C(=O)N1. The van der Waals surface area contributed by atoms with Crippen LogP contribution in [0.1, 0.15) is 57.6 Å². The fourth-order valence-electron chi connectivity index (χ4n) is 4.97. The molecule has 142 valence electrons. The maximum absolute atomic E-state index is 13.3. The molecule has 1 N–H and O–H groups in total. The molecule has 1 amide bonds. The van der Waals surface area contributed by atoms with Crippen molar-refractivity contribution in [1.82, 2.24) is 15.3 Å². The molecule has 1 saturated carbocycles. The Morgan fingerprint density at radius 2 is 2.00 bits per heavy atom. The number of fused-ring (bicyclic) bond motifs is 2. The number of nitrogens with zero attached hydrogens (tertiary/aromatic N) is 2. The lowest BCUT2D eigenvalue weighted by molar-refractivity contribution is -0.121. The van der Waals surface area contributed by atoms with Crippen molar-refractivity contribution in [1.29, 1.82) is 0 Å². The molecule has 2 heterocycles. The monoisotopic (exact) mass is 365 g/mol.